The molecule has 0 saturated heterocycles. The lowest BCUT2D eigenvalue weighted by molar-refractivity contribution is 0.173. The molecule has 1 rings (SSSR count). The molecule has 0 aromatic heterocycles. The lowest BCUT2D eigenvalue weighted by Crippen LogP contribution is -2.26. The van der Waals surface area contributed by atoms with E-state index < -0.39 is 0 Å². The van der Waals surface area contributed by atoms with Gasteiger partial charge in [0.1, 0.15) is 0 Å². The van der Waals surface area contributed by atoms with Crippen LogP contribution in [-0.2, 0) is 6.54 Å². The normalized spacial score (nSPS) is 13.1. The van der Waals surface area contributed by atoms with Crippen LogP contribution in [0, 0.1) is 5.92 Å². The van der Waals surface area contributed by atoms with Crippen molar-refractivity contribution in [2.24, 2.45) is 5.92 Å². The number of benzene rings is 1. The van der Waals surface area contributed by atoms with Crippen LogP contribution in [0.1, 0.15) is 18.9 Å². The van der Waals surface area contributed by atoms with Gasteiger partial charge in [-0.1, -0.05) is 30.7 Å². The molecule has 1 aromatic carbocycles. The molecule has 1 atom stereocenters. The molecule has 16 heavy (non-hydrogen) atoms. The molecule has 90 valence electrons. The first-order valence-corrected chi connectivity index (χ1v) is 6.07. The Bertz CT molecular complexity index is 295. The Morgan fingerprint density at radius 3 is 2.44 bits per heavy atom. The van der Waals surface area contributed by atoms with Crippen LogP contribution in [0.25, 0.3) is 0 Å². The van der Waals surface area contributed by atoms with Crippen molar-refractivity contribution < 1.29 is 5.11 Å². The van der Waals surface area contributed by atoms with Gasteiger partial charge in [0.2, 0.25) is 0 Å². The fourth-order valence-corrected chi connectivity index (χ4v) is 1.85. The number of nitrogens with zero attached hydrogens (tertiary/aromatic N) is 1. The van der Waals surface area contributed by atoms with Crippen molar-refractivity contribution in [3.05, 3.63) is 34.9 Å². The van der Waals surface area contributed by atoms with Crippen LogP contribution in [0.15, 0.2) is 24.3 Å². The van der Waals surface area contributed by atoms with E-state index in [0.717, 1.165) is 24.5 Å². The van der Waals surface area contributed by atoms with E-state index in [1.165, 1.54) is 5.56 Å². The molecule has 0 aliphatic carbocycles. The highest BCUT2D eigenvalue weighted by atomic mass is 35.5. The number of hydrogen-bond donors (Lipinski definition) is 1. The molecule has 0 aliphatic heterocycles. The quantitative estimate of drug-likeness (QED) is 0.828. The van der Waals surface area contributed by atoms with Crippen molar-refractivity contribution in [3.8, 4) is 0 Å². The number of halogens is 1. The van der Waals surface area contributed by atoms with Crippen molar-refractivity contribution in [1.82, 2.24) is 4.90 Å². The van der Waals surface area contributed by atoms with Gasteiger partial charge in [-0.05, 0) is 37.1 Å². The van der Waals surface area contributed by atoms with Gasteiger partial charge >= 0.3 is 0 Å². The van der Waals surface area contributed by atoms with Crippen molar-refractivity contribution in [3.63, 3.8) is 0 Å². The third-order valence-corrected chi connectivity index (χ3v) is 3.02. The number of hydrogen-bond acceptors (Lipinski definition) is 2. The van der Waals surface area contributed by atoms with Crippen molar-refractivity contribution in [2.45, 2.75) is 19.9 Å². The van der Waals surface area contributed by atoms with Crippen LogP contribution in [0.4, 0.5) is 0 Å². The largest absolute Gasteiger partial charge is 0.396 e. The van der Waals surface area contributed by atoms with Crippen LogP contribution in [-0.4, -0.2) is 30.2 Å². The Morgan fingerprint density at radius 2 is 1.94 bits per heavy atom. The van der Waals surface area contributed by atoms with Crippen LogP contribution >= 0.6 is 11.6 Å². The van der Waals surface area contributed by atoms with Gasteiger partial charge in [0.15, 0.2) is 0 Å². The molecular formula is C13H20ClNO. The predicted octanol–water partition coefficient (Wildman–Crippen LogP) is 2.79. The monoisotopic (exact) mass is 241 g/mol. The summed E-state index contributed by atoms with van der Waals surface area (Å²) >= 11 is 5.83. The average molecular weight is 242 g/mol. The highest BCUT2D eigenvalue weighted by Gasteiger charge is 2.08. The Hall–Kier alpha value is -0.570. The highest BCUT2D eigenvalue weighted by molar-refractivity contribution is 6.30. The van der Waals surface area contributed by atoms with E-state index in [4.69, 9.17) is 16.7 Å². The summed E-state index contributed by atoms with van der Waals surface area (Å²) in [6.45, 7) is 4.20. The third-order valence-electron chi connectivity index (χ3n) is 2.77. The number of rotatable bonds is 6. The molecule has 0 fully saturated rings. The second-order valence-electron chi connectivity index (χ2n) is 4.28. The molecule has 0 spiro atoms. The van der Waals surface area contributed by atoms with Crippen LogP contribution in [0.3, 0.4) is 0 Å². The Labute approximate surface area is 103 Å². The Kier molecular flexibility index (Phi) is 5.81. The van der Waals surface area contributed by atoms with Gasteiger partial charge in [-0.2, -0.15) is 0 Å². The van der Waals surface area contributed by atoms with Crippen LogP contribution in [0.2, 0.25) is 5.02 Å². The molecule has 1 aromatic rings. The van der Waals surface area contributed by atoms with Gasteiger partial charge in [-0.25, -0.2) is 0 Å². The second kappa shape index (κ2) is 6.89. The van der Waals surface area contributed by atoms with Gasteiger partial charge in [-0.3, -0.25) is 0 Å². The van der Waals surface area contributed by atoms with Crippen molar-refractivity contribution in [1.29, 1.82) is 0 Å². The minimum absolute atomic E-state index is 0.265. The summed E-state index contributed by atoms with van der Waals surface area (Å²) in [6, 6.07) is 7.90. The summed E-state index contributed by atoms with van der Waals surface area (Å²) in [4.78, 5) is 2.23. The van der Waals surface area contributed by atoms with E-state index in [2.05, 4.69) is 18.9 Å². The average Bonchev–Trinajstić information content (AvgIpc) is 2.29. The molecule has 0 heterocycles. The molecule has 0 aliphatic rings. The Balaban J connectivity index is 2.44. The van der Waals surface area contributed by atoms with Crippen molar-refractivity contribution in [2.75, 3.05) is 20.2 Å². The summed E-state index contributed by atoms with van der Waals surface area (Å²) in [5, 5.41) is 9.90. The molecule has 2 nitrogen and oxygen atoms in total. The zero-order valence-electron chi connectivity index (χ0n) is 9.99. The van der Waals surface area contributed by atoms with Gasteiger partial charge < -0.3 is 10.0 Å². The van der Waals surface area contributed by atoms with Crippen LogP contribution < -0.4 is 0 Å². The fourth-order valence-electron chi connectivity index (χ4n) is 1.72. The maximum absolute atomic E-state index is 9.13. The highest BCUT2D eigenvalue weighted by Crippen LogP contribution is 2.12. The topological polar surface area (TPSA) is 23.5 Å². The van der Waals surface area contributed by atoms with E-state index in [-0.39, 0.29) is 6.61 Å². The molecule has 0 bridgehead atoms. The first-order valence-electron chi connectivity index (χ1n) is 5.69. The third kappa shape index (κ3) is 4.52. The molecule has 0 saturated carbocycles. The second-order valence-corrected chi connectivity index (χ2v) is 4.72. The predicted molar refractivity (Wildman–Crippen MR) is 68.7 cm³/mol. The first-order chi connectivity index (χ1) is 7.65. The van der Waals surface area contributed by atoms with Gasteiger partial charge in [-0.15, -0.1) is 0 Å². The minimum Gasteiger partial charge on any atom is -0.396 e. The maximum Gasteiger partial charge on any atom is 0.0471 e. The summed E-state index contributed by atoms with van der Waals surface area (Å²) in [7, 11) is 2.08. The van der Waals surface area contributed by atoms with Crippen LogP contribution in [0.5, 0.6) is 0 Å². The van der Waals surface area contributed by atoms with E-state index in [1.54, 1.807) is 0 Å². The fraction of sp³-hybridized carbons (Fsp3) is 0.538. The van der Waals surface area contributed by atoms with Crippen molar-refractivity contribution >= 4 is 11.6 Å². The standard InChI is InChI=1S/C13H20ClNO/c1-3-11(10-16)8-15(2)9-12-4-6-13(14)7-5-12/h4-7,11,16H,3,8-10H2,1-2H3. The maximum atomic E-state index is 9.13. The summed E-state index contributed by atoms with van der Waals surface area (Å²) < 4.78 is 0. The number of aliphatic hydroxyl groups is 1. The smallest absolute Gasteiger partial charge is 0.0471 e. The lowest BCUT2D eigenvalue weighted by atomic mass is 10.1. The summed E-state index contributed by atoms with van der Waals surface area (Å²) in [5.41, 5.74) is 1.25. The first kappa shape index (κ1) is 13.5. The SMILES string of the molecule is CCC(CO)CN(C)Cc1ccc(Cl)cc1. The molecule has 0 amide bonds. The van der Waals surface area contributed by atoms with E-state index in [0.29, 0.717) is 5.92 Å². The number of aliphatic hydroxyl groups excluding tert-OH is 1. The van der Waals surface area contributed by atoms with Gasteiger partial charge in [0.25, 0.3) is 0 Å². The molecule has 3 heteroatoms. The molecule has 0 radical (unpaired) electrons. The molecule has 1 unspecified atom stereocenters. The molecule has 1 N–H and O–H groups in total. The van der Waals surface area contributed by atoms with E-state index in [1.807, 2.05) is 24.3 Å². The van der Waals surface area contributed by atoms with Gasteiger partial charge in [0.05, 0.1) is 0 Å². The van der Waals surface area contributed by atoms with E-state index >= 15 is 0 Å². The Morgan fingerprint density at radius 1 is 1.31 bits per heavy atom. The molecular weight excluding hydrogens is 222 g/mol. The minimum atomic E-state index is 0.265. The zero-order valence-corrected chi connectivity index (χ0v) is 10.7. The zero-order chi connectivity index (χ0) is 12.0. The lowest BCUT2D eigenvalue weighted by Gasteiger charge is -2.21. The van der Waals surface area contributed by atoms with E-state index in [9.17, 15) is 0 Å². The summed E-state index contributed by atoms with van der Waals surface area (Å²) in [6.07, 6.45) is 1.02. The summed E-state index contributed by atoms with van der Waals surface area (Å²) in [5.74, 6) is 0.373. The van der Waals surface area contributed by atoms with Gasteiger partial charge in [0, 0.05) is 24.7 Å².